The highest BCUT2D eigenvalue weighted by Crippen LogP contribution is 2.31. The Labute approximate surface area is 161 Å². The molecule has 0 fully saturated rings. The number of ether oxygens (including phenoxy) is 1. The molecule has 26 heavy (non-hydrogen) atoms. The molecule has 0 spiro atoms. The summed E-state index contributed by atoms with van der Waals surface area (Å²) < 4.78 is 44.9. The first-order chi connectivity index (χ1) is 12.2. The first-order valence-corrected chi connectivity index (χ1v) is 8.59. The van der Waals surface area contributed by atoms with Crippen LogP contribution in [0.15, 0.2) is 48.5 Å². The molecule has 0 aliphatic heterocycles. The topological polar surface area (TPSA) is 55.4 Å². The zero-order valence-electron chi connectivity index (χ0n) is 13.6. The number of rotatable bonds is 5. The third kappa shape index (κ3) is 5.20. The Kier molecular flexibility index (Phi) is 6.63. The second-order valence-corrected chi connectivity index (χ2v) is 6.67. The lowest BCUT2D eigenvalue weighted by atomic mass is 10.0. The highest BCUT2D eigenvalue weighted by molar-refractivity contribution is 14.1. The number of halogens is 4. The number of hydrogen-bond donors (Lipinski definition) is 1. The van der Waals surface area contributed by atoms with Crippen molar-refractivity contribution >= 4 is 34.5 Å². The van der Waals surface area contributed by atoms with Gasteiger partial charge in [0.2, 0.25) is 0 Å². The molecule has 4 nitrogen and oxygen atoms in total. The summed E-state index contributed by atoms with van der Waals surface area (Å²) >= 11 is 2.10. The van der Waals surface area contributed by atoms with Crippen molar-refractivity contribution in [3.63, 3.8) is 0 Å². The van der Waals surface area contributed by atoms with Crippen LogP contribution in [0.5, 0.6) is 0 Å². The summed E-state index contributed by atoms with van der Waals surface area (Å²) in [5, 5.41) is 2.35. The Bertz CT molecular complexity index is 808. The average Bonchev–Trinajstić information content (AvgIpc) is 2.59. The maximum absolute atomic E-state index is 13.1. The fourth-order valence-corrected chi connectivity index (χ4v) is 3.01. The molecule has 0 saturated carbocycles. The lowest BCUT2D eigenvalue weighted by Gasteiger charge is -2.18. The molecular weight excluding hydrogens is 462 g/mol. The van der Waals surface area contributed by atoms with Gasteiger partial charge in [-0.15, -0.1) is 0 Å². The predicted molar refractivity (Wildman–Crippen MR) is 97.6 cm³/mol. The zero-order chi connectivity index (χ0) is 19.3. The fourth-order valence-electron chi connectivity index (χ4n) is 2.40. The molecule has 0 saturated heterocycles. The summed E-state index contributed by atoms with van der Waals surface area (Å²) in [4.78, 5) is 24.4. The smallest absolute Gasteiger partial charge is 0.417 e. The van der Waals surface area contributed by atoms with E-state index in [0.717, 1.165) is 28.4 Å². The van der Waals surface area contributed by atoms with Gasteiger partial charge >= 0.3 is 12.1 Å². The number of carbonyl (C=O) groups excluding carboxylic acids is 2. The van der Waals surface area contributed by atoms with Crippen molar-refractivity contribution in [2.24, 2.45) is 0 Å². The molecule has 2 rings (SSSR count). The average molecular weight is 477 g/mol. The molecule has 0 radical (unpaired) electrons. The van der Waals surface area contributed by atoms with Crippen LogP contribution in [0.4, 0.5) is 13.2 Å². The molecular formula is C18H15F3INO3. The summed E-state index contributed by atoms with van der Waals surface area (Å²) in [5.41, 5.74) is -0.858. The van der Waals surface area contributed by atoms with Crippen molar-refractivity contribution in [1.82, 2.24) is 5.32 Å². The summed E-state index contributed by atoms with van der Waals surface area (Å²) in [7, 11) is 1.15. The van der Waals surface area contributed by atoms with Crippen LogP contribution in [0.2, 0.25) is 0 Å². The molecule has 0 unspecified atom stereocenters. The minimum absolute atomic E-state index is 0.101. The molecule has 0 aromatic heterocycles. The number of methoxy groups -OCH3 is 1. The molecule has 0 aliphatic rings. The highest BCUT2D eigenvalue weighted by Gasteiger charge is 2.35. The standard InChI is InChI=1S/C18H15F3INO3/c1-26-17(25)15(10-11-5-4-6-12(22)9-11)23-16(24)13-7-2-3-8-14(13)18(19,20)21/h2-9,15H,10H2,1H3,(H,23,24)/t15-/m0/s1. The van der Waals surface area contributed by atoms with E-state index in [4.69, 9.17) is 0 Å². The second kappa shape index (κ2) is 8.52. The number of carbonyl (C=O) groups is 2. The number of esters is 1. The van der Waals surface area contributed by atoms with E-state index in [0.29, 0.717) is 0 Å². The van der Waals surface area contributed by atoms with Gasteiger partial charge in [0.1, 0.15) is 6.04 Å². The van der Waals surface area contributed by atoms with Crippen LogP contribution in [0.3, 0.4) is 0 Å². The van der Waals surface area contributed by atoms with Gasteiger partial charge in [0.05, 0.1) is 18.2 Å². The zero-order valence-corrected chi connectivity index (χ0v) is 15.8. The van der Waals surface area contributed by atoms with Gasteiger partial charge in [-0.1, -0.05) is 24.3 Å². The van der Waals surface area contributed by atoms with E-state index >= 15 is 0 Å². The molecule has 2 aromatic carbocycles. The molecule has 0 heterocycles. The van der Waals surface area contributed by atoms with Crippen LogP contribution in [0.25, 0.3) is 0 Å². The van der Waals surface area contributed by atoms with E-state index < -0.39 is 35.2 Å². The van der Waals surface area contributed by atoms with Crippen LogP contribution in [0, 0.1) is 3.57 Å². The van der Waals surface area contributed by atoms with Crippen LogP contribution >= 0.6 is 22.6 Å². The fraction of sp³-hybridized carbons (Fsp3) is 0.222. The molecule has 0 aliphatic carbocycles. The normalized spacial score (nSPS) is 12.3. The van der Waals surface area contributed by atoms with E-state index in [2.05, 4.69) is 32.6 Å². The monoisotopic (exact) mass is 477 g/mol. The van der Waals surface area contributed by atoms with Gasteiger partial charge in [-0.3, -0.25) is 4.79 Å². The maximum atomic E-state index is 13.1. The lowest BCUT2D eigenvalue weighted by molar-refractivity contribution is -0.142. The summed E-state index contributed by atoms with van der Waals surface area (Å²) in [6.45, 7) is 0. The van der Waals surface area contributed by atoms with Crippen LogP contribution in [-0.2, 0) is 22.1 Å². The van der Waals surface area contributed by atoms with Crippen molar-refractivity contribution in [2.75, 3.05) is 7.11 Å². The van der Waals surface area contributed by atoms with Crippen molar-refractivity contribution in [3.8, 4) is 0 Å². The summed E-state index contributed by atoms with van der Waals surface area (Å²) in [6, 6.07) is 10.5. The Morgan fingerprint density at radius 1 is 1.15 bits per heavy atom. The van der Waals surface area contributed by atoms with Gasteiger partial charge in [0, 0.05) is 9.99 Å². The molecule has 1 amide bonds. The Morgan fingerprint density at radius 3 is 2.46 bits per heavy atom. The van der Waals surface area contributed by atoms with Gasteiger partial charge in [-0.05, 0) is 52.4 Å². The third-order valence-electron chi connectivity index (χ3n) is 3.60. The highest BCUT2D eigenvalue weighted by atomic mass is 127. The molecule has 1 atom stereocenters. The molecule has 2 aromatic rings. The van der Waals surface area contributed by atoms with Crippen molar-refractivity contribution in [3.05, 3.63) is 68.8 Å². The number of nitrogens with one attached hydrogen (secondary N) is 1. The second-order valence-electron chi connectivity index (χ2n) is 5.43. The molecule has 138 valence electrons. The van der Waals surface area contributed by atoms with Crippen LogP contribution in [0.1, 0.15) is 21.5 Å². The van der Waals surface area contributed by atoms with Crippen LogP contribution < -0.4 is 5.32 Å². The largest absolute Gasteiger partial charge is 0.467 e. The Morgan fingerprint density at radius 2 is 1.85 bits per heavy atom. The number of amides is 1. The molecule has 0 bridgehead atoms. The predicted octanol–water partition coefficient (Wildman–Crippen LogP) is 3.82. The minimum atomic E-state index is -4.68. The van der Waals surface area contributed by atoms with E-state index in [1.807, 2.05) is 12.1 Å². The van der Waals surface area contributed by atoms with E-state index in [9.17, 15) is 22.8 Å². The van der Waals surface area contributed by atoms with Gasteiger partial charge in [-0.2, -0.15) is 13.2 Å². The first-order valence-electron chi connectivity index (χ1n) is 7.51. The van der Waals surface area contributed by atoms with E-state index in [1.165, 1.54) is 12.1 Å². The van der Waals surface area contributed by atoms with Gasteiger partial charge in [0.25, 0.3) is 5.91 Å². The quantitative estimate of drug-likeness (QED) is 0.527. The molecule has 1 N–H and O–H groups in total. The first kappa shape index (κ1) is 20.2. The van der Waals surface area contributed by atoms with Crippen LogP contribution in [-0.4, -0.2) is 25.0 Å². The van der Waals surface area contributed by atoms with E-state index in [-0.39, 0.29) is 6.42 Å². The van der Waals surface area contributed by atoms with Crippen molar-refractivity contribution in [2.45, 2.75) is 18.6 Å². The SMILES string of the molecule is COC(=O)[C@H](Cc1cccc(I)c1)NC(=O)c1ccccc1C(F)(F)F. The lowest BCUT2D eigenvalue weighted by Crippen LogP contribution is -2.43. The number of alkyl halides is 3. The number of hydrogen-bond acceptors (Lipinski definition) is 3. The Balaban J connectivity index is 2.26. The maximum Gasteiger partial charge on any atom is 0.417 e. The minimum Gasteiger partial charge on any atom is -0.467 e. The number of benzene rings is 2. The van der Waals surface area contributed by atoms with Gasteiger partial charge < -0.3 is 10.1 Å². The van der Waals surface area contributed by atoms with E-state index in [1.54, 1.807) is 12.1 Å². The Hall–Kier alpha value is -2.10. The molecule has 8 heteroatoms. The van der Waals surface area contributed by atoms with Crippen molar-refractivity contribution in [1.29, 1.82) is 0 Å². The van der Waals surface area contributed by atoms with Gasteiger partial charge in [-0.25, -0.2) is 4.79 Å². The van der Waals surface area contributed by atoms with Crippen molar-refractivity contribution < 1.29 is 27.5 Å². The third-order valence-corrected chi connectivity index (χ3v) is 4.27. The summed E-state index contributed by atoms with van der Waals surface area (Å²) in [6.07, 6.45) is -4.58. The van der Waals surface area contributed by atoms with Gasteiger partial charge in [0.15, 0.2) is 0 Å². The summed E-state index contributed by atoms with van der Waals surface area (Å²) in [5.74, 6) is -1.72.